The average Bonchev–Trinajstić information content (AvgIpc) is 2.44. The lowest BCUT2D eigenvalue weighted by atomic mass is 10.2. The lowest BCUT2D eigenvalue weighted by molar-refractivity contribution is 0.119. The van der Waals surface area contributed by atoms with Gasteiger partial charge >= 0.3 is 30.8 Å². The maximum Gasteiger partial charge on any atom is 0.511 e. The molecule has 5 N–H and O–H groups in total. The van der Waals surface area contributed by atoms with Crippen LogP contribution in [0.4, 0.5) is 24.0 Å². The summed E-state index contributed by atoms with van der Waals surface area (Å²) in [4.78, 5) is 53.6. The van der Waals surface area contributed by atoms with Crippen LogP contribution in [-0.4, -0.2) is 56.3 Å². The van der Waals surface area contributed by atoms with Crippen LogP contribution in [0.3, 0.4) is 0 Å². The summed E-state index contributed by atoms with van der Waals surface area (Å²) in [5.74, 6) is -6.11. The zero-order valence-corrected chi connectivity index (χ0v) is 11.9. The van der Waals surface area contributed by atoms with Gasteiger partial charge in [0.2, 0.25) is 17.2 Å². The van der Waals surface area contributed by atoms with Crippen molar-refractivity contribution in [1.29, 1.82) is 0 Å². The maximum atomic E-state index is 10.8. The lowest BCUT2D eigenvalue weighted by Crippen LogP contribution is -2.15. The van der Waals surface area contributed by atoms with Crippen LogP contribution in [0.25, 0.3) is 0 Å². The molecule has 0 amide bonds. The molecule has 0 heterocycles. The van der Waals surface area contributed by atoms with E-state index in [4.69, 9.17) is 25.5 Å². The molecule has 15 heteroatoms. The van der Waals surface area contributed by atoms with Crippen molar-refractivity contribution in [2.45, 2.75) is 0 Å². The third kappa shape index (κ3) is 5.33. The van der Waals surface area contributed by atoms with Gasteiger partial charge in [-0.15, -0.1) is 0 Å². The summed E-state index contributed by atoms with van der Waals surface area (Å²) in [6.45, 7) is 0. The molecule has 0 atom stereocenters. The largest absolute Gasteiger partial charge is 0.511 e. The van der Waals surface area contributed by atoms with Gasteiger partial charge in [0.1, 0.15) is 0 Å². The van der Waals surface area contributed by atoms with Crippen molar-refractivity contribution in [3.8, 4) is 28.7 Å². The zero-order valence-electron chi connectivity index (χ0n) is 11.9. The standard InChI is InChI=1S/C11H6O15/c12-7(13)22-2-1-3(23-8(14)15)5(25-10(18)19)6(26-11(20)21)4(2)24-9(16)17/h1H,(H,12,13)(H,14,15)(H,16,17)(H,18,19)(H,20,21). The fraction of sp³-hybridized carbons (Fsp3) is 0. The van der Waals surface area contributed by atoms with E-state index in [2.05, 4.69) is 23.7 Å². The SMILES string of the molecule is O=C(O)Oc1cc(OC(=O)O)c(OC(=O)O)c(OC(=O)O)c1OC(=O)O. The number of carboxylic acid groups (broad SMARTS) is 5. The molecule has 0 spiro atoms. The fourth-order valence-electron chi connectivity index (χ4n) is 1.46. The number of rotatable bonds is 5. The molecule has 140 valence electrons. The van der Waals surface area contributed by atoms with Gasteiger partial charge in [-0.25, -0.2) is 24.0 Å². The Hall–Kier alpha value is -4.43. The first-order valence-corrected chi connectivity index (χ1v) is 5.76. The summed E-state index contributed by atoms with van der Waals surface area (Å²) in [5, 5.41) is 43.3. The molecular formula is C11H6O15. The van der Waals surface area contributed by atoms with Crippen LogP contribution in [-0.2, 0) is 0 Å². The lowest BCUT2D eigenvalue weighted by Gasteiger charge is -2.16. The van der Waals surface area contributed by atoms with Crippen molar-refractivity contribution in [3.05, 3.63) is 6.07 Å². The second kappa shape index (κ2) is 7.90. The molecule has 1 aromatic carbocycles. The molecule has 0 bridgehead atoms. The molecule has 0 aliphatic rings. The highest BCUT2D eigenvalue weighted by atomic mass is 16.7. The zero-order chi connectivity index (χ0) is 20.0. The molecule has 1 aromatic rings. The Bertz CT molecular complexity index is 724. The Morgan fingerprint density at radius 1 is 0.500 bits per heavy atom. The number of carbonyl (C=O) groups is 5. The van der Waals surface area contributed by atoms with Gasteiger partial charge in [-0.05, 0) is 0 Å². The molecule has 26 heavy (non-hydrogen) atoms. The Morgan fingerprint density at radius 2 is 0.769 bits per heavy atom. The highest BCUT2D eigenvalue weighted by Gasteiger charge is 2.31. The van der Waals surface area contributed by atoms with Crippen molar-refractivity contribution in [2.75, 3.05) is 0 Å². The van der Waals surface area contributed by atoms with Gasteiger partial charge < -0.3 is 49.2 Å². The molecular weight excluding hydrogens is 372 g/mol. The summed E-state index contributed by atoms with van der Waals surface area (Å²) < 4.78 is 20.6. The minimum atomic E-state index is -2.16. The number of hydrogen-bond donors (Lipinski definition) is 5. The van der Waals surface area contributed by atoms with Gasteiger partial charge in [-0.3, -0.25) is 0 Å². The molecule has 0 saturated heterocycles. The van der Waals surface area contributed by atoms with E-state index in [9.17, 15) is 24.0 Å². The Balaban J connectivity index is 3.82. The first-order chi connectivity index (χ1) is 12.0. The molecule has 0 aliphatic heterocycles. The van der Waals surface area contributed by atoms with Crippen molar-refractivity contribution in [3.63, 3.8) is 0 Å². The minimum Gasteiger partial charge on any atom is -0.449 e. The van der Waals surface area contributed by atoms with E-state index in [-0.39, 0.29) is 0 Å². The van der Waals surface area contributed by atoms with Crippen molar-refractivity contribution in [1.82, 2.24) is 0 Å². The minimum absolute atomic E-state index is 0.355. The van der Waals surface area contributed by atoms with Gasteiger partial charge in [0.15, 0.2) is 11.5 Å². The quantitative estimate of drug-likeness (QED) is 0.364. The molecule has 0 aliphatic carbocycles. The van der Waals surface area contributed by atoms with Crippen LogP contribution in [0, 0.1) is 0 Å². The van der Waals surface area contributed by atoms with Gasteiger partial charge in [0.25, 0.3) is 0 Å². The molecule has 0 unspecified atom stereocenters. The highest BCUT2D eigenvalue weighted by molar-refractivity contribution is 5.80. The van der Waals surface area contributed by atoms with E-state index in [1.54, 1.807) is 0 Å². The van der Waals surface area contributed by atoms with E-state index >= 15 is 0 Å². The molecule has 1 rings (SSSR count). The monoisotopic (exact) mass is 378 g/mol. The fourth-order valence-corrected chi connectivity index (χ4v) is 1.46. The average molecular weight is 378 g/mol. The van der Waals surface area contributed by atoms with E-state index in [1.165, 1.54) is 0 Å². The first-order valence-electron chi connectivity index (χ1n) is 5.76. The van der Waals surface area contributed by atoms with E-state index in [1.807, 2.05) is 0 Å². The third-order valence-electron chi connectivity index (χ3n) is 2.08. The second-order valence-corrected chi connectivity index (χ2v) is 3.70. The highest BCUT2D eigenvalue weighted by Crippen LogP contribution is 2.51. The van der Waals surface area contributed by atoms with Crippen molar-refractivity contribution in [2.24, 2.45) is 0 Å². The van der Waals surface area contributed by atoms with E-state index < -0.39 is 59.5 Å². The normalized spacial score (nSPS) is 9.54. The third-order valence-corrected chi connectivity index (χ3v) is 2.08. The first kappa shape index (κ1) is 19.6. The Morgan fingerprint density at radius 3 is 1.04 bits per heavy atom. The number of hydrogen-bond acceptors (Lipinski definition) is 10. The van der Waals surface area contributed by atoms with Crippen LogP contribution in [0.5, 0.6) is 28.7 Å². The Kier molecular flexibility index (Phi) is 5.96. The molecule has 0 fully saturated rings. The van der Waals surface area contributed by atoms with Crippen LogP contribution in [0.2, 0.25) is 0 Å². The van der Waals surface area contributed by atoms with Gasteiger partial charge in [-0.1, -0.05) is 0 Å². The van der Waals surface area contributed by atoms with Gasteiger partial charge in [0, 0.05) is 6.07 Å². The predicted octanol–water partition coefficient (Wildman–Crippen LogP) is 1.97. The molecule has 15 nitrogen and oxygen atoms in total. The predicted molar refractivity (Wildman–Crippen MR) is 69.7 cm³/mol. The van der Waals surface area contributed by atoms with Crippen molar-refractivity contribution >= 4 is 30.8 Å². The summed E-state index contributed by atoms with van der Waals surface area (Å²) in [6.07, 6.45) is -10.5. The smallest absolute Gasteiger partial charge is 0.449 e. The van der Waals surface area contributed by atoms with E-state index in [0.717, 1.165) is 0 Å². The van der Waals surface area contributed by atoms with Crippen molar-refractivity contribution < 1.29 is 73.2 Å². The summed E-state index contributed by atoms with van der Waals surface area (Å²) in [7, 11) is 0. The van der Waals surface area contributed by atoms with E-state index in [0.29, 0.717) is 6.07 Å². The van der Waals surface area contributed by atoms with Gasteiger partial charge in [-0.2, -0.15) is 0 Å². The van der Waals surface area contributed by atoms with Crippen LogP contribution in [0.1, 0.15) is 0 Å². The summed E-state index contributed by atoms with van der Waals surface area (Å²) in [5.41, 5.74) is 0. The number of ether oxygens (including phenoxy) is 5. The molecule has 0 saturated carbocycles. The second-order valence-electron chi connectivity index (χ2n) is 3.70. The summed E-state index contributed by atoms with van der Waals surface area (Å²) in [6, 6.07) is 0.355. The summed E-state index contributed by atoms with van der Waals surface area (Å²) >= 11 is 0. The maximum absolute atomic E-state index is 10.8. The van der Waals surface area contributed by atoms with Crippen LogP contribution < -0.4 is 23.7 Å². The van der Waals surface area contributed by atoms with Gasteiger partial charge in [0.05, 0.1) is 0 Å². The van der Waals surface area contributed by atoms with Crippen LogP contribution in [0.15, 0.2) is 6.07 Å². The van der Waals surface area contributed by atoms with Crippen LogP contribution >= 0.6 is 0 Å². The number of benzene rings is 1. The molecule has 0 aromatic heterocycles. The topological polar surface area (TPSA) is 233 Å². The Labute approximate surface area is 140 Å². The molecule has 0 radical (unpaired) electrons.